The molecule has 0 aromatic rings. The van der Waals surface area contributed by atoms with Gasteiger partial charge in [0.1, 0.15) is 0 Å². The number of aliphatic hydroxyl groups excluding tert-OH is 1. The molecule has 2 unspecified atom stereocenters. The minimum atomic E-state index is -2.77. The van der Waals surface area contributed by atoms with Crippen molar-refractivity contribution < 1.29 is 35.4 Å². The molecule has 0 bridgehead atoms. The number of aliphatic carboxylic acids is 1. The summed E-state index contributed by atoms with van der Waals surface area (Å²) in [6.45, 7) is 5.93. The zero-order valence-corrected chi connectivity index (χ0v) is 19.0. The highest BCUT2D eigenvalue weighted by atomic mass is 16.6. The van der Waals surface area contributed by atoms with Crippen LogP contribution < -0.4 is 0 Å². The Morgan fingerprint density at radius 1 is 1.00 bits per heavy atom. The van der Waals surface area contributed by atoms with Gasteiger partial charge >= 0.3 is 5.97 Å². The molecular weight excluding hydrogens is 400 g/mol. The summed E-state index contributed by atoms with van der Waals surface area (Å²) in [5.74, 6) is -8.65. The molecule has 7 heteroatoms. The highest BCUT2D eigenvalue weighted by molar-refractivity contribution is 5.66. The Morgan fingerprint density at radius 3 is 2.32 bits per heavy atom. The van der Waals surface area contributed by atoms with Gasteiger partial charge in [-0.15, -0.1) is 0 Å². The van der Waals surface area contributed by atoms with Crippen molar-refractivity contribution in [2.24, 2.45) is 46.3 Å². The monoisotopic (exact) mass is 440 g/mol. The van der Waals surface area contributed by atoms with E-state index in [0.29, 0.717) is 18.8 Å². The van der Waals surface area contributed by atoms with Gasteiger partial charge in [-0.3, -0.25) is 4.79 Å². The first kappa shape index (κ1) is 23.4. The van der Waals surface area contributed by atoms with Crippen molar-refractivity contribution in [2.75, 3.05) is 0 Å². The molecule has 0 aliphatic heterocycles. The third-order valence-corrected chi connectivity index (χ3v) is 10.3. The van der Waals surface area contributed by atoms with Crippen LogP contribution >= 0.6 is 0 Å². The van der Waals surface area contributed by atoms with Crippen LogP contribution in [0.3, 0.4) is 0 Å². The average Bonchev–Trinajstić information content (AvgIpc) is 2.79. The van der Waals surface area contributed by atoms with Gasteiger partial charge in [-0.05, 0) is 73.0 Å². The molecule has 31 heavy (non-hydrogen) atoms. The maximum atomic E-state index is 11.3. The minimum absolute atomic E-state index is 0.0140. The van der Waals surface area contributed by atoms with Gasteiger partial charge in [0.05, 0.1) is 6.10 Å². The number of rotatable bonds is 4. The van der Waals surface area contributed by atoms with Crippen LogP contribution in [0.1, 0.15) is 78.6 Å². The summed E-state index contributed by atoms with van der Waals surface area (Å²) < 4.78 is 0. The van der Waals surface area contributed by atoms with Crippen LogP contribution in [0.25, 0.3) is 0 Å². The maximum absolute atomic E-state index is 11.3. The quantitative estimate of drug-likeness (QED) is 0.368. The van der Waals surface area contributed by atoms with Crippen molar-refractivity contribution in [3.63, 3.8) is 0 Å². The van der Waals surface area contributed by atoms with Crippen molar-refractivity contribution in [1.82, 2.24) is 0 Å². The lowest BCUT2D eigenvalue weighted by Crippen LogP contribution is -2.63. The van der Waals surface area contributed by atoms with Gasteiger partial charge in [-0.25, -0.2) is 0 Å². The first-order chi connectivity index (χ1) is 14.3. The third kappa shape index (κ3) is 3.14. The molecule has 0 heterocycles. The van der Waals surface area contributed by atoms with Crippen LogP contribution in [0.15, 0.2) is 0 Å². The fourth-order valence-electron chi connectivity index (χ4n) is 9.06. The molecule has 4 aliphatic rings. The summed E-state index contributed by atoms with van der Waals surface area (Å²) in [5.41, 5.74) is -0.814. The zero-order valence-electron chi connectivity index (χ0n) is 19.0. The summed E-state index contributed by atoms with van der Waals surface area (Å²) in [5, 5.41) is 65.1. The van der Waals surface area contributed by atoms with Crippen LogP contribution in [-0.2, 0) is 4.79 Å². The summed E-state index contributed by atoms with van der Waals surface area (Å²) in [7, 11) is 0. The summed E-state index contributed by atoms with van der Waals surface area (Å²) in [6.07, 6.45) is 5.84. The van der Waals surface area contributed by atoms with Crippen LogP contribution in [0.4, 0.5) is 0 Å². The van der Waals surface area contributed by atoms with E-state index in [1.165, 1.54) is 0 Å². The van der Waals surface area contributed by atoms with E-state index in [2.05, 4.69) is 6.92 Å². The summed E-state index contributed by atoms with van der Waals surface area (Å²) in [4.78, 5) is 11.1. The predicted molar refractivity (Wildman–Crippen MR) is 112 cm³/mol. The van der Waals surface area contributed by atoms with E-state index in [1.807, 2.05) is 6.92 Å². The van der Waals surface area contributed by atoms with Gasteiger partial charge in [0.2, 0.25) is 11.6 Å². The van der Waals surface area contributed by atoms with Crippen LogP contribution in [0, 0.1) is 46.3 Å². The van der Waals surface area contributed by atoms with E-state index in [4.69, 9.17) is 5.11 Å². The van der Waals surface area contributed by atoms with Crippen molar-refractivity contribution in [1.29, 1.82) is 0 Å². The number of hydrogen-bond acceptors (Lipinski definition) is 6. The number of fused-ring (bicyclic) bond motifs is 5. The smallest absolute Gasteiger partial charge is 0.303 e. The Labute approximate surface area is 184 Å². The summed E-state index contributed by atoms with van der Waals surface area (Å²) in [6, 6.07) is 0. The fourth-order valence-corrected chi connectivity index (χ4v) is 9.06. The SMILES string of the molecule is C[C@H](CCC(=O)O)[C@H]1C(O)(O)C(O)(O)[C@H]2[C@@H]3C(O)CC4CCCC[C@]4(C)[C@H]3CC[C@@]21C. The second kappa shape index (κ2) is 7.39. The Morgan fingerprint density at radius 2 is 1.68 bits per heavy atom. The molecule has 9 atom stereocenters. The van der Waals surface area contributed by atoms with Gasteiger partial charge in [-0.2, -0.15) is 0 Å². The Balaban J connectivity index is 1.75. The van der Waals surface area contributed by atoms with Gasteiger partial charge < -0.3 is 30.6 Å². The van der Waals surface area contributed by atoms with Crippen LogP contribution in [0.2, 0.25) is 0 Å². The molecule has 7 nitrogen and oxygen atoms in total. The molecule has 4 saturated carbocycles. The highest BCUT2D eigenvalue weighted by Crippen LogP contribution is 2.71. The van der Waals surface area contributed by atoms with Crippen LogP contribution in [-0.4, -0.2) is 54.3 Å². The molecule has 6 N–H and O–H groups in total. The van der Waals surface area contributed by atoms with Crippen molar-refractivity contribution in [3.8, 4) is 0 Å². The fraction of sp³-hybridized carbons (Fsp3) is 0.958. The lowest BCUT2D eigenvalue weighted by atomic mass is 9.43. The maximum Gasteiger partial charge on any atom is 0.303 e. The molecule has 0 aromatic carbocycles. The third-order valence-electron chi connectivity index (χ3n) is 10.3. The molecule has 4 aliphatic carbocycles. The zero-order chi connectivity index (χ0) is 23.0. The van der Waals surface area contributed by atoms with Crippen molar-refractivity contribution >= 4 is 5.97 Å². The van der Waals surface area contributed by atoms with E-state index in [0.717, 1.165) is 32.1 Å². The minimum Gasteiger partial charge on any atom is -0.481 e. The van der Waals surface area contributed by atoms with E-state index in [9.17, 15) is 30.3 Å². The number of hydrogen-bond donors (Lipinski definition) is 6. The normalized spacial score (nSPS) is 48.9. The molecule has 0 saturated heterocycles. The lowest BCUT2D eigenvalue weighted by Gasteiger charge is -2.62. The second-order valence-corrected chi connectivity index (χ2v) is 11.8. The Hall–Kier alpha value is -0.730. The van der Waals surface area contributed by atoms with Gasteiger partial charge in [-0.1, -0.05) is 33.6 Å². The molecule has 0 aromatic heterocycles. The van der Waals surface area contributed by atoms with Gasteiger partial charge in [0.25, 0.3) is 0 Å². The molecule has 178 valence electrons. The first-order valence-electron chi connectivity index (χ1n) is 12.1. The van der Waals surface area contributed by atoms with Gasteiger partial charge in [0.15, 0.2) is 0 Å². The number of carboxylic acids is 1. The number of aliphatic hydroxyl groups is 5. The predicted octanol–water partition coefficient (Wildman–Crippen LogP) is 2.09. The highest BCUT2D eigenvalue weighted by Gasteiger charge is 2.78. The van der Waals surface area contributed by atoms with Crippen molar-refractivity contribution in [3.05, 3.63) is 0 Å². The first-order valence-corrected chi connectivity index (χ1v) is 12.1. The molecule has 4 rings (SSSR count). The van der Waals surface area contributed by atoms with E-state index >= 15 is 0 Å². The Bertz CT molecular complexity index is 721. The molecule has 0 amide bonds. The van der Waals surface area contributed by atoms with E-state index < -0.39 is 52.7 Å². The van der Waals surface area contributed by atoms with E-state index in [-0.39, 0.29) is 24.2 Å². The number of carboxylic acid groups (broad SMARTS) is 1. The molecule has 0 radical (unpaired) electrons. The molecule has 0 spiro atoms. The van der Waals surface area contributed by atoms with Gasteiger partial charge in [0, 0.05) is 18.3 Å². The largest absolute Gasteiger partial charge is 0.481 e. The lowest BCUT2D eigenvalue weighted by molar-refractivity contribution is -0.377. The molecular formula is C24H40O7. The Kier molecular flexibility index (Phi) is 5.58. The molecule has 4 fully saturated rings. The standard InChI is InChI=1S/C24H40O7/c1-13(7-8-17(26)27)19-22(3)11-9-15-18(20(22)24(30,31)23(19,28)29)16(25)12-14-6-4-5-10-21(14,15)2/h13-16,18-20,25,28-31H,4-12H2,1-3H3,(H,26,27)/t13-,14?,15+,16?,18+,19-,20+,21+,22-/m1/s1. The van der Waals surface area contributed by atoms with Crippen molar-refractivity contribution in [2.45, 2.75) is 96.2 Å². The average molecular weight is 441 g/mol. The number of carbonyl (C=O) groups is 1. The topological polar surface area (TPSA) is 138 Å². The van der Waals surface area contributed by atoms with Crippen LogP contribution in [0.5, 0.6) is 0 Å². The second-order valence-electron chi connectivity index (χ2n) is 11.8. The summed E-state index contributed by atoms with van der Waals surface area (Å²) >= 11 is 0. The van der Waals surface area contributed by atoms with E-state index in [1.54, 1.807) is 6.92 Å².